The molecule has 64 valence electrons. The van der Waals surface area contributed by atoms with Crippen LogP contribution in [0.1, 0.15) is 5.56 Å². The van der Waals surface area contributed by atoms with Gasteiger partial charge in [0, 0.05) is 6.20 Å². The van der Waals surface area contributed by atoms with Crippen molar-refractivity contribution in [3.8, 4) is 0 Å². The Balaban J connectivity index is 2.52. The van der Waals surface area contributed by atoms with E-state index in [0.717, 1.165) is 5.56 Å². The largest absolute Gasteiger partial charge is 0.289 e. The van der Waals surface area contributed by atoms with Crippen LogP contribution in [0, 0.1) is 0 Å². The summed E-state index contributed by atoms with van der Waals surface area (Å²) in [5, 5.41) is 0. The predicted octanol–water partition coefficient (Wildman–Crippen LogP) is 1.38. The van der Waals surface area contributed by atoms with E-state index in [1.807, 2.05) is 30.3 Å². The lowest BCUT2D eigenvalue weighted by molar-refractivity contribution is 0.558. The zero-order valence-corrected chi connectivity index (χ0v) is 7.12. The normalized spacial score (nSPS) is 13.1. The maximum absolute atomic E-state index is 10.1. The van der Waals surface area contributed by atoms with Gasteiger partial charge in [-0.25, -0.2) is 4.21 Å². The second kappa shape index (κ2) is 4.69. The van der Waals surface area contributed by atoms with Crippen LogP contribution in [0.15, 0.2) is 36.5 Å². The molecule has 12 heavy (non-hydrogen) atoms. The summed E-state index contributed by atoms with van der Waals surface area (Å²) in [5.41, 5.74) is 0.982. The Kier molecular flexibility index (Phi) is 3.50. The molecule has 0 amide bonds. The predicted molar refractivity (Wildman–Crippen MR) is 49.4 cm³/mol. The highest BCUT2D eigenvalue weighted by Gasteiger charge is 1.83. The van der Waals surface area contributed by atoms with Crippen LogP contribution >= 0.6 is 0 Å². The topological polar surface area (TPSA) is 49.3 Å². The molecular weight excluding hydrogens is 174 g/mol. The molecule has 1 atom stereocenters. The van der Waals surface area contributed by atoms with Gasteiger partial charge in [0.15, 0.2) is 0 Å². The third-order valence-corrected chi connectivity index (χ3v) is 1.58. The fourth-order valence-electron chi connectivity index (χ4n) is 0.753. The highest BCUT2D eigenvalue weighted by molar-refractivity contribution is 7.77. The minimum atomic E-state index is -1.98. The van der Waals surface area contributed by atoms with Crippen molar-refractivity contribution in [1.82, 2.24) is 4.72 Å². The zero-order valence-electron chi connectivity index (χ0n) is 6.31. The number of rotatable bonds is 3. The van der Waals surface area contributed by atoms with Gasteiger partial charge in [0.2, 0.25) is 0 Å². The van der Waals surface area contributed by atoms with Crippen LogP contribution in [0.25, 0.3) is 6.08 Å². The monoisotopic (exact) mass is 183 g/mol. The van der Waals surface area contributed by atoms with Crippen molar-refractivity contribution in [1.29, 1.82) is 0 Å². The van der Waals surface area contributed by atoms with Gasteiger partial charge < -0.3 is 0 Å². The first kappa shape index (κ1) is 8.96. The maximum Gasteiger partial charge on any atom is 0.258 e. The number of hydrogen-bond donors (Lipinski definition) is 2. The molecule has 3 nitrogen and oxygen atoms in total. The molecule has 1 rings (SSSR count). The third-order valence-electron chi connectivity index (χ3n) is 1.24. The standard InChI is InChI=1S/C8H9NO2S/c10-12(11)9-7-6-8-4-2-1-3-5-8/h1-7,9H,(H,10,11). The second-order valence-corrected chi connectivity index (χ2v) is 2.85. The first-order valence-corrected chi connectivity index (χ1v) is 4.48. The lowest BCUT2D eigenvalue weighted by atomic mass is 10.2. The third kappa shape index (κ3) is 3.32. The molecule has 1 aromatic carbocycles. The van der Waals surface area contributed by atoms with Crippen molar-refractivity contribution in [2.45, 2.75) is 0 Å². The average Bonchev–Trinajstić information content (AvgIpc) is 2.05. The molecule has 0 radical (unpaired) electrons. The van der Waals surface area contributed by atoms with Crippen LogP contribution in [0.5, 0.6) is 0 Å². The van der Waals surface area contributed by atoms with E-state index in [9.17, 15) is 4.21 Å². The molecule has 0 heterocycles. The molecule has 4 heteroatoms. The fourth-order valence-corrected chi connectivity index (χ4v) is 0.937. The lowest BCUT2D eigenvalue weighted by Gasteiger charge is -1.91. The summed E-state index contributed by atoms with van der Waals surface area (Å²) < 4.78 is 20.7. The summed E-state index contributed by atoms with van der Waals surface area (Å²) in [6.45, 7) is 0. The molecule has 0 saturated carbocycles. The highest BCUT2D eigenvalue weighted by Crippen LogP contribution is 1.99. The molecule has 0 fully saturated rings. The van der Waals surface area contributed by atoms with Crippen LogP contribution < -0.4 is 4.72 Å². The van der Waals surface area contributed by atoms with Crippen LogP contribution in [0.2, 0.25) is 0 Å². The smallest absolute Gasteiger partial charge is 0.258 e. The molecule has 1 aromatic rings. The van der Waals surface area contributed by atoms with Gasteiger partial charge in [-0.1, -0.05) is 30.3 Å². The Hall–Kier alpha value is -1.13. The van der Waals surface area contributed by atoms with Crippen LogP contribution in [0.3, 0.4) is 0 Å². The Morgan fingerprint density at radius 2 is 2.00 bits per heavy atom. The Labute approximate surface area is 73.5 Å². The van der Waals surface area contributed by atoms with E-state index in [1.54, 1.807) is 6.08 Å². The van der Waals surface area contributed by atoms with Crippen LogP contribution in [-0.2, 0) is 11.3 Å². The summed E-state index contributed by atoms with van der Waals surface area (Å²) in [5.74, 6) is 0. The van der Waals surface area contributed by atoms with Crippen molar-refractivity contribution in [2.24, 2.45) is 0 Å². The molecule has 2 N–H and O–H groups in total. The van der Waals surface area contributed by atoms with E-state index in [1.165, 1.54) is 6.20 Å². The van der Waals surface area contributed by atoms with Gasteiger partial charge in [-0.3, -0.25) is 9.27 Å². The summed E-state index contributed by atoms with van der Waals surface area (Å²) in [4.78, 5) is 0. The van der Waals surface area contributed by atoms with E-state index in [4.69, 9.17) is 4.55 Å². The molecule has 1 unspecified atom stereocenters. The maximum atomic E-state index is 10.1. The zero-order chi connectivity index (χ0) is 8.81. The Bertz CT molecular complexity index is 284. The van der Waals surface area contributed by atoms with Gasteiger partial charge in [-0.15, -0.1) is 0 Å². The lowest BCUT2D eigenvalue weighted by Crippen LogP contribution is -2.06. The quantitative estimate of drug-likeness (QED) is 0.695. The molecule has 0 aliphatic rings. The van der Waals surface area contributed by atoms with E-state index >= 15 is 0 Å². The minimum Gasteiger partial charge on any atom is -0.289 e. The van der Waals surface area contributed by atoms with E-state index < -0.39 is 11.3 Å². The average molecular weight is 183 g/mol. The van der Waals surface area contributed by atoms with Crippen molar-refractivity contribution in [2.75, 3.05) is 0 Å². The van der Waals surface area contributed by atoms with Gasteiger partial charge >= 0.3 is 0 Å². The Morgan fingerprint density at radius 3 is 2.58 bits per heavy atom. The highest BCUT2D eigenvalue weighted by atomic mass is 32.2. The van der Waals surface area contributed by atoms with E-state index in [2.05, 4.69) is 4.72 Å². The van der Waals surface area contributed by atoms with E-state index in [-0.39, 0.29) is 0 Å². The molecule has 0 saturated heterocycles. The van der Waals surface area contributed by atoms with Crippen molar-refractivity contribution >= 4 is 17.3 Å². The SMILES string of the molecule is O=S(O)NC=Cc1ccccc1. The van der Waals surface area contributed by atoms with Crippen molar-refractivity contribution in [3.05, 3.63) is 42.1 Å². The van der Waals surface area contributed by atoms with Crippen molar-refractivity contribution < 1.29 is 8.76 Å². The first-order chi connectivity index (χ1) is 5.79. The van der Waals surface area contributed by atoms with Crippen LogP contribution in [0.4, 0.5) is 0 Å². The van der Waals surface area contributed by atoms with E-state index in [0.29, 0.717) is 0 Å². The van der Waals surface area contributed by atoms with Crippen LogP contribution in [-0.4, -0.2) is 8.76 Å². The van der Waals surface area contributed by atoms with Gasteiger partial charge in [0.05, 0.1) is 0 Å². The van der Waals surface area contributed by atoms with Crippen molar-refractivity contribution in [3.63, 3.8) is 0 Å². The molecular formula is C8H9NO2S. The van der Waals surface area contributed by atoms with Gasteiger partial charge in [0.1, 0.15) is 0 Å². The van der Waals surface area contributed by atoms with Gasteiger partial charge in [0.25, 0.3) is 11.3 Å². The molecule has 0 aromatic heterocycles. The molecule has 0 aliphatic carbocycles. The molecule has 0 spiro atoms. The minimum absolute atomic E-state index is 0.982. The fraction of sp³-hybridized carbons (Fsp3) is 0. The second-order valence-electron chi connectivity index (χ2n) is 2.11. The number of hydrogen-bond acceptors (Lipinski definition) is 1. The summed E-state index contributed by atoms with van der Waals surface area (Å²) in [7, 11) is 0. The molecule has 0 aliphatic heterocycles. The summed E-state index contributed by atoms with van der Waals surface area (Å²) >= 11 is -1.98. The first-order valence-electron chi connectivity index (χ1n) is 3.37. The Morgan fingerprint density at radius 1 is 1.33 bits per heavy atom. The molecule has 0 bridgehead atoms. The number of benzene rings is 1. The summed E-state index contributed by atoms with van der Waals surface area (Å²) in [6, 6.07) is 9.51. The van der Waals surface area contributed by atoms with Gasteiger partial charge in [-0.2, -0.15) is 0 Å². The van der Waals surface area contributed by atoms with Gasteiger partial charge in [-0.05, 0) is 11.6 Å². The summed E-state index contributed by atoms with van der Waals surface area (Å²) in [6.07, 6.45) is 3.15. The number of nitrogens with one attached hydrogen (secondary N) is 1.